The van der Waals surface area contributed by atoms with Crippen molar-refractivity contribution in [1.29, 1.82) is 0 Å². The molecule has 3 nitrogen and oxygen atoms in total. The van der Waals surface area contributed by atoms with Crippen molar-refractivity contribution in [3.8, 4) is 0 Å². The summed E-state index contributed by atoms with van der Waals surface area (Å²) in [5.41, 5.74) is 0. The van der Waals surface area contributed by atoms with Crippen molar-refractivity contribution >= 4 is 0 Å². The highest BCUT2D eigenvalue weighted by atomic mass is 16.5. The fourth-order valence-corrected chi connectivity index (χ4v) is 1.07. The summed E-state index contributed by atoms with van der Waals surface area (Å²) < 4.78 is 10.3. The highest BCUT2D eigenvalue weighted by Crippen LogP contribution is 2.01. The molecule has 3 heteroatoms. The maximum absolute atomic E-state index is 5.16. The predicted octanol–water partition coefficient (Wildman–Crippen LogP) is 1.28. The van der Waals surface area contributed by atoms with Gasteiger partial charge in [-0.15, -0.1) is 0 Å². The first-order valence-corrected chi connectivity index (χ1v) is 4.86. The Kier molecular flexibility index (Phi) is 7.23. The summed E-state index contributed by atoms with van der Waals surface area (Å²) in [4.78, 5) is 0. The highest BCUT2D eigenvalue weighted by Gasteiger charge is 2.13. The van der Waals surface area contributed by atoms with Gasteiger partial charge < -0.3 is 14.8 Å². The lowest BCUT2D eigenvalue weighted by Crippen LogP contribution is -2.41. The summed E-state index contributed by atoms with van der Waals surface area (Å²) in [6, 6.07) is 0.419. The smallest absolute Gasteiger partial charge is 0.0667 e. The SMILES string of the molecule is COCC(NCC(C)OC)C(C)C. The molecule has 0 radical (unpaired) electrons. The zero-order chi connectivity index (χ0) is 10.3. The monoisotopic (exact) mass is 189 g/mol. The van der Waals surface area contributed by atoms with E-state index in [4.69, 9.17) is 9.47 Å². The van der Waals surface area contributed by atoms with Crippen LogP contribution < -0.4 is 5.32 Å². The van der Waals surface area contributed by atoms with E-state index >= 15 is 0 Å². The topological polar surface area (TPSA) is 30.5 Å². The van der Waals surface area contributed by atoms with Gasteiger partial charge in [0, 0.05) is 26.8 Å². The normalized spacial score (nSPS) is 16.2. The number of nitrogens with one attached hydrogen (secondary N) is 1. The maximum atomic E-state index is 5.16. The molecule has 0 bridgehead atoms. The molecule has 2 unspecified atom stereocenters. The van der Waals surface area contributed by atoms with Gasteiger partial charge in [0.2, 0.25) is 0 Å². The zero-order valence-electron chi connectivity index (χ0n) is 9.46. The van der Waals surface area contributed by atoms with Crippen LogP contribution in [0.1, 0.15) is 20.8 Å². The predicted molar refractivity (Wildman–Crippen MR) is 55.0 cm³/mol. The summed E-state index contributed by atoms with van der Waals surface area (Å²) >= 11 is 0. The minimum atomic E-state index is 0.262. The van der Waals surface area contributed by atoms with Gasteiger partial charge in [-0.2, -0.15) is 0 Å². The molecule has 0 spiro atoms. The molecule has 0 fully saturated rings. The third kappa shape index (κ3) is 6.02. The van der Waals surface area contributed by atoms with Crippen LogP contribution in [-0.2, 0) is 9.47 Å². The standard InChI is InChI=1S/C10H23NO2/c1-8(2)10(7-12-4)11-6-9(3)13-5/h8-11H,6-7H2,1-5H3. The molecule has 0 rings (SSSR count). The molecule has 2 atom stereocenters. The quantitative estimate of drug-likeness (QED) is 0.654. The average molecular weight is 189 g/mol. The Labute approximate surface area is 81.8 Å². The fraction of sp³-hybridized carbons (Fsp3) is 1.00. The second kappa shape index (κ2) is 7.30. The summed E-state index contributed by atoms with van der Waals surface area (Å²) in [5, 5.41) is 3.42. The Morgan fingerprint density at radius 3 is 2.15 bits per heavy atom. The van der Waals surface area contributed by atoms with E-state index < -0.39 is 0 Å². The third-order valence-corrected chi connectivity index (χ3v) is 2.22. The zero-order valence-corrected chi connectivity index (χ0v) is 9.46. The number of hydrogen-bond donors (Lipinski definition) is 1. The highest BCUT2D eigenvalue weighted by molar-refractivity contribution is 4.71. The molecule has 80 valence electrons. The number of methoxy groups -OCH3 is 2. The van der Waals surface area contributed by atoms with Crippen molar-refractivity contribution in [3.05, 3.63) is 0 Å². The van der Waals surface area contributed by atoms with Gasteiger partial charge in [-0.1, -0.05) is 13.8 Å². The van der Waals surface area contributed by atoms with Gasteiger partial charge in [-0.3, -0.25) is 0 Å². The molecule has 0 aromatic carbocycles. The lowest BCUT2D eigenvalue weighted by molar-refractivity contribution is 0.0980. The maximum Gasteiger partial charge on any atom is 0.0667 e. The summed E-state index contributed by atoms with van der Waals surface area (Å²) in [6.07, 6.45) is 0.262. The van der Waals surface area contributed by atoms with Crippen LogP contribution in [0.4, 0.5) is 0 Å². The first-order chi connectivity index (χ1) is 6.11. The van der Waals surface area contributed by atoms with E-state index in [2.05, 4.69) is 26.1 Å². The Hall–Kier alpha value is -0.120. The van der Waals surface area contributed by atoms with Gasteiger partial charge in [-0.05, 0) is 12.8 Å². The molecule has 0 aliphatic heterocycles. The molecule has 1 N–H and O–H groups in total. The minimum absolute atomic E-state index is 0.262. The van der Waals surface area contributed by atoms with Crippen LogP contribution in [-0.4, -0.2) is 39.5 Å². The molecule has 0 amide bonds. The van der Waals surface area contributed by atoms with Crippen molar-refractivity contribution in [1.82, 2.24) is 5.32 Å². The van der Waals surface area contributed by atoms with Gasteiger partial charge in [0.15, 0.2) is 0 Å². The van der Waals surface area contributed by atoms with Crippen molar-refractivity contribution in [2.45, 2.75) is 32.9 Å². The van der Waals surface area contributed by atoms with Gasteiger partial charge in [0.05, 0.1) is 12.7 Å². The average Bonchev–Trinajstić information content (AvgIpc) is 2.11. The molecule has 0 saturated carbocycles. The molecular weight excluding hydrogens is 166 g/mol. The van der Waals surface area contributed by atoms with E-state index in [1.165, 1.54) is 0 Å². The van der Waals surface area contributed by atoms with Gasteiger partial charge in [0.1, 0.15) is 0 Å². The number of rotatable bonds is 7. The van der Waals surface area contributed by atoms with E-state index in [9.17, 15) is 0 Å². The molecule has 0 aromatic heterocycles. The molecule has 0 saturated heterocycles. The lowest BCUT2D eigenvalue weighted by Gasteiger charge is -2.23. The van der Waals surface area contributed by atoms with Crippen LogP contribution in [0.3, 0.4) is 0 Å². The second-order valence-electron chi connectivity index (χ2n) is 3.76. The minimum Gasteiger partial charge on any atom is -0.383 e. The molecule has 0 aliphatic carbocycles. The largest absolute Gasteiger partial charge is 0.383 e. The summed E-state index contributed by atoms with van der Waals surface area (Å²) in [7, 11) is 3.46. The Morgan fingerprint density at radius 1 is 1.15 bits per heavy atom. The van der Waals surface area contributed by atoms with Crippen molar-refractivity contribution < 1.29 is 9.47 Å². The molecule has 0 aliphatic rings. The van der Waals surface area contributed by atoms with Crippen molar-refractivity contribution in [2.75, 3.05) is 27.4 Å². The van der Waals surface area contributed by atoms with E-state index in [-0.39, 0.29) is 6.10 Å². The van der Waals surface area contributed by atoms with Crippen molar-refractivity contribution in [2.24, 2.45) is 5.92 Å². The second-order valence-corrected chi connectivity index (χ2v) is 3.76. The number of hydrogen-bond acceptors (Lipinski definition) is 3. The van der Waals surface area contributed by atoms with E-state index in [0.717, 1.165) is 13.2 Å². The van der Waals surface area contributed by atoms with Crippen LogP contribution in [0.5, 0.6) is 0 Å². The third-order valence-electron chi connectivity index (χ3n) is 2.22. The fourth-order valence-electron chi connectivity index (χ4n) is 1.07. The van der Waals surface area contributed by atoms with Crippen LogP contribution in [0.25, 0.3) is 0 Å². The van der Waals surface area contributed by atoms with Gasteiger partial charge in [-0.25, -0.2) is 0 Å². The first-order valence-electron chi connectivity index (χ1n) is 4.86. The van der Waals surface area contributed by atoms with Gasteiger partial charge >= 0.3 is 0 Å². The van der Waals surface area contributed by atoms with Crippen molar-refractivity contribution in [3.63, 3.8) is 0 Å². The molecule has 13 heavy (non-hydrogen) atoms. The van der Waals surface area contributed by atoms with Gasteiger partial charge in [0.25, 0.3) is 0 Å². The molecule has 0 aromatic rings. The van der Waals surface area contributed by atoms with Crippen LogP contribution in [0.15, 0.2) is 0 Å². The van der Waals surface area contributed by atoms with E-state index in [1.54, 1.807) is 14.2 Å². The van der Waals surface area contributed by atoms with E-state index in [0.29, 0.717) is 12.0 Å². The number of ether oxygens (including phenoxy) is 2. The van der Waals surface area contributed by atoms with E-state index in [1.807, 2.05) is 0 Å². The summed E-state index contributed by atoms with van der Waals surface area (Å²) in [6.45, 7) is 8.07. The Morgan fingerprint density at radius 2 is 1.77 bits per heavy atom. The summed E-state index contributed by atoms with van der Waals surface area (Å²) in [5.74, 6) is 0.587. The Balaban J connectivity index is 3.68. The van der Waals surface area contributed by atoms with Crippen LogP contribution in [0.2, 0.25) is 0 Å². The first kappa shape index (κ1) is 12.9. The lowest BCUT2D eigenvalue weighted by atomic mass is 10.1. The molecule has 0 heterocycles. The van der Waals surface area contributed by atoms with Crippen LogP contribution >= 0.6 is 0 Å². The Bertz CT molecular complexity index is 117. The molecular formula is C10H23NO2. The van der Waals surface area contributed by atoms with Crippen LogP contribution in [0, 0.1) is 5.92 Å².